The number of carbonyl (C=O) groups is 2. The Kier molecular flexibility index (Phi) is 2.14. The van der Waals surface area contributed by atoms with Crippen LogP contribution in [-0.4, -0.2) is 16.8 Å². The van der Waals surface area contributed by atoms with Gasteiger partial charge in [-0.05, 0) is 12.1 Å². The number of nitrogen functional groups attached to an aromatic ring is 1. The minimum atomic E-state index is -0.755. The first-order chi connectivity index (χ1) is 6.00. The summed E-state index contributed by atoms with van der Waals surface area (Å²) < 4.78 is 0. The molecule has 6 heteroatoms. The molecule has 2 amide bonds. The zero-order valence-electron chi connectivity index (χ0n) is 6.65. The first-order valence-corrected chi connectivity index (χ1v) is 3.38. The van der Waals surface area contributed by atoms with E-state index >= 15 is 0 Å². The highest BCUT2D eigenvalue weighted by Crippen LogP contribution is 2.06. The highest BCUT2D eigenvalue weighted by Gasteiger charge is 2.08. The second-order valence-corrected chi connectivity index (χ2v) is 2.40. The molecule has 0 aromatic carbocycles. The molecular formula is C7H8N4O2. The van der Waals surface area contributed by atoms with Crippen molar-refractivity contribution in [2.45, 2.75) is 0 Å². The fourth-order valence-electron chi connectivity index (χ4n) is 0.804. The van der Waals surface area contributed by atoms with E-state index in [1.54, 1.807) is 0 Å². The molecule has 0 spiro atoms. The maximum Gasteiger partial charge on any atom is 0.267 e. The first-order valence-electron chi connectivity index (χ1n) is 3.38. The second kappa shape index (κ2) is 3.10. The number of pyridine rings is 1. The molecule has 1 aromatic heterocycles. The van der Waals surface area contributed by atoms with Crippen LogP contribution in [0.5, 0.6) is 0 Å². The van der Waals surface area contributed by atoms with Crippen molar-refractivity contribution in [2.75, 3.05) is 5.73 Å². The number of carbonyl (C=O) groups excluding carboxylic acids is 2. The number of hydrogen-bond acceptors (Lipinski definition) is 4. The lowest BCUT2D eigenvalue weighted by Crippen LogP contribution is -2.19. The van der Waals surface area contributed by atoms with Crippen molar-refractivity contribution in [2.24, 2.45) is 11.5 Å². The van der Waals surface area contributed by atoms with Crippen LogP contribution in [0.3, 0.4) is 0 Å². The number of primary amides is 2. The lowest BCUT2D eigenvalue weighted by atomic mass is 10.2. The van der Waals surface area contributed by atoms with Crippen molar-refractivity contribution in [3.8, 4) is 0 Å². The van der Waals surface area contributed by atoms with Crippen LogP contribution in [0.25, 0.3) is 0 Å². The Morgan fingerprint density at radius 1 is 1.08 bits per heavy atom. The molecule has 0 fully saturated rings. The highest BCUT2D eigenvalue weighted by atomic mass is 16.1. The van der Waals surface area contributed by atoms with Crippen LogP contribution < -0.4 is 17.2 Å². The van der Waals surface area contributed by atoms with E-state index in [1.807, 2.05) is 0 Å². The predicted octanol–water partition coefficient (Wildman–Crippen LogP) is -1.14. The van der Waals surface area contributed by atoms with Crippen molar-refractivity contribution >= 4 is 17.5 Å². The van der Waals surface area contributed by atoms with Crippen molar-refractivity contribution in [1.29, 1.82) is 0 Å². The molecule has 6 nitrogen and oxygen atoms in total. The molecule has 6 N–H and O–H groups in total. The maximum atomic E-state index is 10.7. The summed E-state index contributed by atoms with van der Waals surface area (Å²) in [5.74, 6) is -1.51. The third kappa shape index (κ3) is 1.92. The molecule has 0 unspecified atom stereocenters. The van der Waals surface area contributed by atoms with Gasteiger partial charge in [0.1, 0.15) is 11.4 Å². The van der Waals surface area contributed by atoms with Gasteiger partial charge in [-0.25, -0.2) is 4.98 Å². The number of amides is 2. The lowest BCUT2D eigenvalue weighted by Gasteiger charge is -2.00. The van der Waals surface area contributed by atoms with E-state index in [0.717, 1.165) is 0 Å². The van der Waals surface area contributed by atoms with Crippen LogP contribution in [0.2, 0.25) is 0 Å². The number of nitrogens with two attached hydrogens (primary N) is 3. The largest absolute Gasteiger partial charge is 0.399 e. The van der Waals surface area contributed by atoms with Gasteiger partial charge in [0.2, 0.25) is 0 Å². The number of aromatic nitrogens is 1. The quantitative estimate of drug-likeness (QED) is 0.531. The second-order valence-electron chi connectivity index (χ2n) is 2.40. The number of nitrogens with zero attached hydrogens (tertiary/aromatic N) is 1. The van der Waals surface area contributed by atoms with Crippen LogP contribution in [0.15, 0.2) is 12.1 Å². The van der Waals surface area contributed by atoms with Crippen molar-refractivity contribution < 1.29 is 9.59 Å². The maximum absolute atomic E-state index is 10.7. The highest BCUT2D eigenvalue weighted by molar-refractivity contribution is 5.96. The minimum Gasteiger partial charge on any atom is -0.399 e. The van der Waals surface area contributed by atoms with Gasteiger partial charge in [-0.2, -0.15) is 0 Å². The zero-order chi connectivity index (χ0) is 10.0. The topological polar surface area (TPSA) is 125 Å². The van der Waals surface area contributed by atoms with Gasteiger partial charge >= 0.3 is 0 Å². The summed E-state index contributed by atoms with van der Waals surface area (Å²) in [5, 5.41) is 0. The molecule has 0 aliphatic heterocycles. The van der Waals surface area contributed by atoms with Crippen molar-refractivity contribution in [3.63, 3.8) is 0 Å². The molecule has 0 saturated heterocycles. The van der Waals surface area contributed by atoms with Gasteiger partial charge in [-0.1, -0.05) is 0 Å². The van der Waals surface area contributed by atoms with Crippen LogP contribution >= 0.6 is 0 Å². The zero-order valence-corrected chi connectivity index (χ0v) is 6.65. The van der Waals surface area contributed by atoms with E-state index in [4.69, 9.17) is 17.2 Å². The van der Waals surface area contributed by atoms with Crippen LogP contribution in [-0.2, 0) is 0 Å². The summed E-state index contributed by atoms with van der Waals surface area (Å²) in [6, 6.07) is 2.55. The molecule has 1 heterocycles. The van der Waals surface area contributed by atoms with Crippen LogP contribution in [0.4, 0.5) is 5.69 Å². The summed E-state index contributed by atoms with van der Waals surface area (Å²) in [5.41, 5.74) is 15.3. The Morgan fingerprint density at radius 3 is 1.77 bits per heavy atom. The molecule has 68 valence electrons. The fraction of sp³-hybridized carbons (Fsp3) is 0. The third-order valence-electron chi connectivity index (χ3n) is 1.35. The van der Waals surface area contributed by atoms with E-state index in [-0.39, 0.29) is 17.1 Å². The molecule has 0 radical (unpaired) electrons. The van der Waals surface area contributed by atoms with Gasteiger partial charge < -0.3 is 17.2 Å². The Labute approximate surface area is 73.7 Å². The van der Waals surface area contributed by atoms with Crippen LogP contribution in [0.1, 0.15) is 21.0 Å². The summed E-state index contributed by atoms with van der Waals surface area (Å²) >= 11 is 0. The van der Waals surface area contributed by atoms with E-state index in [1.165, 1.54) is 12.1 Å². The molecule has 13 heavy (non-hydrogen) atoms. The van der Waals surface area contributed by atoms with Crippen molar-refractivity contribution in [1.82, 2.24) is 4.98 Å². The number of rotatable bonds is 2. The number of hydrogen-bond donors (Lipinski definition) is 3. The summed E-state index contributed by atoms with van der Waals surface area (Å²) in [6.45, 7) is 0. The monoisotopic (exact) mass is 180 g/mol. The molecule has 0 aliphatic carbocycles. The van der Waals surface area contributed by atoms with Gasteiger partial charge in [0, 0.05) is 5.69 Å². The van der Waals surface area contributed by atoms with Gasteiger partial charge in [-0.3, -0.25) is 9.59 Å². The molecule has 0 bridgehead atoms. The molecule has 1 rings (SSSR count). The third-order valence-corrected chi connectivity index (χ3v) is 1.35. The smallest absolute Gasteiger partial charge is 0.267 e. The minimum absolute atomic E-state index is 0.0752. The Bertz CT molecular complexity index is 343. The Hall–Kier alpha value is -2.11. The van der Waals surface area contributed by atoms with E-state index in [0.29, 0.717) is 0 Å². The van der Waals surface area contributed by atoms with Gasteiger partial charge in [0.05, 0.1) is 0 Å². The molecular weight excluding hydrogens is 172 g/mol. The predicted molar refractivity (Wildman–Crippen MR) is 45.7 cm³/mol. The average Bonchev–Trinajstić information content (AvgIpc) is 2.03. The van der Waals surface area contributed by atoms with E-state index in [2.05, 4.69) is 4.98 Å². The molecule has 0 saturated carbocycles. The van der Waals surface area contributed by atoms with Crippen LogP contribution in [0, 0.1) is 0 Å². The summed E-state index contributed by atoms with van der Waals surface area (Å²) in [6.07, 6.45) is 0. The first kappa shape index (κ1) is 8.98. The SMILES string of the molecule is NC(=O)c1cc(N)cc(C(N)=O)n1. The summed E-state index contributed by atoms with van der Waals surface area (Å²) in [4.78, 5) is 25.0. The lowest BCUT2D eigenvalue weighted by molar-refractivity contribution is 0.0992. The molecule has 0 atom stereocenters. The van der Waals surface area contributed by atoms with E-state index < -0.39 is 11.8 Å². The van der Waals surface area contributed by atoms with Gasteiger partial charge in [0.25, 0.3) is 11.8 Å². The fourth-order valence-corrected chi connectivity index (χ4v) is 0.804. The van der Waals surface area contributed by atoms with Crippen molar-refractivity contribution in [3.05, 3.63) is 23.5 Å². The average molecular weight is 180 g/mol. The Morgan fingerprint density at radius 2 is 1.46 bits per heavy atom. The molecule has 1 aromatic rings. The van der Waals surface area contributed by atoms with Gasteiger partial charge in [-0.15, -0.1) is 0 Å². The summed E-state index contributed by atoms with van der Waals surface area (Å²) in [7, 11) is 0. The number of anilines is 1. The molecule has 0 aliphatic rings. The Balaban J connectivity index is 3.26. The van der Waals surface area contributed by atoms with Gasteiger partial charge in [0.15, 0.2) is 0 Å². The van der Waals surface area contributed by atoms with E-state index in [9.17, 15) is 9.59 Å². The standard InChI is InChI=1S/C7H8N4O2/c8-3-1-4(6(9)12)11-5(2-3)7(10)13/h1-2H,(H2,8,11)(H2,9,12)(H2,10,13). The normalized spacial score (nSPS) is 9.54.